The third kappa shape index (κ3) is 4.51. The van der Waals surface area contributed by atoms with Crippen LogP contribution < -0.4 is 5.56 Å². The van der Waals surface area contributed by atoms with Crippen molar-refractivity contribution >= 4 is 5.97 Å². The average Bonchev–Trinajstić information content (AvgIpc) is 2.44. The Kier molecular flexibility index (Phi) is 5.36. The molecule has 0 saturated carbocycles. The lowest BCUT2D eigenvalue weighted by Gasteiger charge is -2.39. The van der Waals surface area contributed by atoms with Crippen LogP contribution in [-0.2, 0) is 11.3 Å². The van der Waals surface area contributed by atoms with Gasteiger partial charge in [-0.3, -0.25) is 14.5 Å². The van der Waals surface area contributed by atoms with E-state index in [0.717, 1.165) is 18.5 Å². The number of carboxylic acid groups (broad SMARTS) is 1. The van der Waals surface area contributed by atoms with Gasteiger partial charge in [0.1, 0.15) is 5.82 Å². The van der Waals surface area contributed by atoms with E-state index < -0.39 is 11.4 Å². The summed E-state index contributed by atoms with van der Waals surface area (Å²) in [5.41, 5.74) is 0.911. The highest BCUT2D eigenvalue weighted by molar-refractivity contribution is 5.75. The number of rotatable bonds is 5. The molecule has 0 spiro atoms. The van der Waals surface area contributed by atoms with Gasteiger partial charge in [0.15, 0.2) is 0 Å². The molecule has 1 aliphatic rings. The van der Waals surface area contributed by atoms with Crippen molar-refractivity contribution in [2.75, 3.05) is 13.1 Å². The first-order valence-electron chi connectivity index (χ1n) is 7.97. The molecule has 0 aliphatic carbocycles. The van der Waals surface area contributed by atoms with Crippen LogP contribution in [0.4, 0.5) is 0 Å². The summed E-state index contributed by atoms with van der Waals surface area (Å²) in [5, 5.41) is 9.75. The maximum Gasteiger partial charge on any atom is 0.311 e. The minimum absolute atomic E-state index is 0.168. The number of H-pyrrole nitrogens is 1. The molecule has 2 N–H and O–H groups in total. The Morgan fingerprint density at radius 2 is 2.26 bits per heavy atom. The number of carboxylic acids is 1. The fourth-order valence-corrected chi connectivity index (χ4v) is 3.14. The lowest BCUT2D eigenvalue weighted by Crippen LogP contribution is -2.47. The molecule has 0 bridgehead atoms. The van der Waals surface area contributed by atoms with Gasteiger partial charge in [-0.25, -0.2) is 4.98 Å². The number of hydrogen-bond donors (Lipinski definition) is 2. The van der Waals surface area contributed by atoms with E-state index in [0.29, 0.717) is 37.4 Å². The third-order valence-electron chi connectivity index (χ3n) is 4.31. The molecular formula is C17H25N3O3. The van der Waals surface area contributed by atoms with Crippen molar-refractivity contribution in [3.8, 4) is 0 Å². The van der Waals surface area contributed by atoms with Crippen LogP contribution in [0, 0.1) is 12.3 Å². The molecule has 1 atom stereocenters. The molecule has 1 aromatic rings. The molecule has 1 saturated heterocycles. The Morgan fingerprint density at radius 1 is 1.52 bits per heavy atom. The molecule has 1 aromatic heterocycles. The largest absolute Gasteiger partial charge is 0.481 e. The second-order valence-electron chi connectivity index (χ2n) is 6.71. The molecule has 2 heterocycles. The zero-order chi connectivity index (χ0) is 17.0. The number of hydrogen-bond acceptors (Lipinski definition) is 4. The number of piperidine rings is 1. The molecular weight excluding hydrogens is 294 g/mol. The van der Waals surface area contributed by atoms with E-state index in [1.54, 1.807) is 6.92 Å². The molecule has 0 radical (unpaired) electrons. The number of nitrogens with zero attached hydrogens (tertiary/aromatic N) is 2. The van der Waals surface area contributed by atoms with Crippen LogP contribution in [0.1, 0.15) is 44.6 Å². The highest BCUT2D eigenvalue weighted by atomic mass is 16.4. The second kappa shape index (κ2) is 7.08. The number of aliphatic carboxylic acids is 1. The van der Waals surface area contributed by atoms with E-state index >= 15 is 0 Å². The van der Waals surface area contributed by atoms with Gasteiger partial charge in [-0.15, -0.1) is 0 Å². The molecule has 0 unspecified atom stereocenters. The summed E-state index contributed by atoms with van der Waals surface area (Å²) in [6.45, 7) is 7.54. The Morgan fingerprint density at radius 3 is 2.87 bits per heavy atom. The smallest absolute Gasteiger partial charge is 0.311 e. The molecule has 6 heteroatoms. The van der Waals surface area contributed by atoms with Crippen LogP contribution in [0.25, 0.3) is 0 Å². The first-order valence-corrected chi connectivity index (χ1v) is 7.97. The van der Waals surface area contributed by atoms with Crippen LogP contribution in [0.2, 0.25) is 0 Å². The zero-order valence-electron chi connectivity index (χ0n) is 14.1. The van der Waals surface area contributed by atoms with Crippen molar-refractivity contribution in [2.45, 2.75) is 46.6 Å². The normalized spacial score (nSPS) is 21.9. The zero-order valence-corrected chi connectivity index (χ0v) is 14.1. The topological polar surface area (TPSA) is 86.3 Å². The van der Waals surface area contributed by atoms with Crippen LogP contribution in [0.15, 0.2) is 22.5 Å². The van der Waals surface area contributed by atoms with Gasteiger partial charge < -0.3 is 10.1 Å². The van der Waals surface area contributed by atoms with Crippen LogP contribution in [-0.4, -0.2) is 39.0 Å². The van der Waals surface area contributed by atoms with E-state index in [1.807, 2.05) is 19.9 Å². The highest BCUT2D eigenvalue weighted by Crippen LogP contribution is 2.35. The number of aromatic nitrogens is 2. The van der Waals surface area contributed by atoms with Crippen molar-refractivity contribution in [3.05, 3.63) is 39.6 Å². The Hall–Kier alpha value is -1.95. The highest BCUT2D eigenvalue weighted by Gasteiger charge is 2.41. The number of likely N-dealkylation sites (tertiary alicyclic amines) is 1. The number of aryl methyl sites for hydroxylation is 1. The first kappa shape index (κ1) is 17.4. The number of aromatic amines is 1. The lowest BCUT2D eigenvalue weighted by molar-refractivity contribution is -0.152. The predicted octanol–water partition coefficient (Wildman–Crippen LogP) is 2.10. The Labute approximate surface area is 136 Å². The lowest BCUT2D eigenvalue weighted by atomic mass is 9.76. The number of carbonyl (C=O) groups is 1. The monoisotopic (exact) mass is 319 g/mol. The van der Waals surface area contributed by atoms with Crippen LogP contribution in [0.5, 0.6) is 0 Å². The quantitative estimate of drug-likeness (QED) is 0.812. The molecule has 2 rings (SSSR count). The molecule has 1 fully saturated rings. The van der Waals surface area contributed by atoms with E-state index in [2.05, 4.69) is 14.9 Å². The molecule has 6 nitrogen and oxygen atoms in total. The standard InChI is InChI=1S/C17H25N3O3/c1-12(2)5-7-17(16(22)23)6-4-8-20(11-17)10-14-9-15(21)19-13(3)18-14/h5,9H,4,6-8,10-11H2,1-3H3,(H,22,23)(H,18,19,21)/t17-/m1/s1. The van der Waals surface area contributed by atoms with Gasteiger partial charge in [0.25, 0.3) is 5.56 Å². The van der Waals surface area contributed by atoms with Crippen molar-refractivity contribution in [2.24, 2.45) is 5.41 Å². The Balaban J connectivity index is 2.16. The minimum Gasteiger partial charge on any atom is -0.481 e. The maximum atomic E-state index is 11.9. The van der Waals surface area contributed by atoms with E-state index in [4.69, 9.17) is 0 Å². The number of nitrogens with one attached hydrogen (secondary N) is 1. The van der Waals surface area contributed by atoms with Crippen molar-refractivity contribution < 1.29 is 9.90 Å². The summed E-state index contributed by atoms with van der Waals surface area (Å²) >= 11 is 0. The molecule has 1 aliphatic heterocycles. The summed E-state index contributed by atoms with van der Waals surface area (Å²) in [7, 11) is 0. The minimum atomic E-state index is -0.744. The van der Waals surface area contributed by atoms with Gasteiger partial charge in [-0.1, -0.05) is 11.6 Å². The molecule has 126 valence electrons. The van der Waals surface area contributed by atoms with Crippen LogP contribution >= 0.6 is 0 Å². The van der Waals surface area contributed by atoms with Gasteiger partial charge in [0.2, 0.25) is 0 Å². The predicted molar refractivity (Wildman–Crippen MR) is 88.2 cm³/mol. The summed E-state index contributed by atoms with van der Waals surface area (Å²) in [6.07, 6.45) is 4.08. The van der Waals surface area contributed by atoms with Gasteiger partial charge in [-0.05, 0) is 46.6 Å². The SMILES string of the molecule is CC(C)=CC[C@]1(C(=O)O)CCCN(Cc2cc(=O)[nH]c(C)n2)C1. The van der Waals surface area contributed by atoms with Crippen LogP contribution in [0.3, 0.4) is 0 Å². The molecule has 23 heavy (non-hydrogen) atoms. The fraction of sp³-hybridized carbons (Fsp3) is 0.588. The van der Waals surface area contributed by atoms with E-state index in [9.17, 15) is 14.7 Å². The maximum absolute atomic E-state index is 11.9. The average molecular weight is 319 g/mol. The summed E-state index contributed by atoms with van der Waals surface area (Å²) in [6, 6.07) is 1.49. The first-order chi connectivity index (χ1) is 10.8. The summed E-state index contributed by atoms with van der Waals surface area (Å²) in [4.78, 5) is 32.5. The summed E-state index contributed by atoms with van der Waals surface area (Å²) in [5.74, 6) is -0.159. The third-order valence-corrected chi connectivity index (χ3v) is 4.31. The second-order valence-corrected chi connectivity index (χ2v) is 6.71. The fourth-order valence-electron chi connectivity index (χ4n) is 3.14. The van der Waals surface area contributed by atoms with Crippen molar-refractivity contribution in [1.82, 2.24) is 14.9 Å². The number of allylic oxidation sites excluding steroid dienone is 2. The van der Waals surface area contributed by atoms with Gasteiger partial charge in [0.05, 0.1) is 11.1 Å². The van der Waals surface area contributed by atoms with Gasteiger partial charge in [0, 0.05) is 19.2 Å². The molecule has 0 amide bonds. The van der Waals surface area contributed by atoms with Crippen molar-refractivity contribution in [1.29, 1.82) is 0 Å². The Bertz CT molecular complexity index is 661. The van der Waals surface area contributed by atoms with Crippen molar-refractivity contribution in [3.63, 3.8) is 0 Å². The summed E-state index contributed by atoms with van der Waals surface area (Å²) < 4.78 is 0. The van der Waals surface area contributed by atoms with E-state index in [1.165, 1.54) is 6.07 Å². The van der Waals surface area contributed by atoms with E-state index in [-0.39, 0.29) is 5.56 Å². The van der Waals surface area contributed by atoms with Gasteiger partial charge in [-0.2, -0.15) is 0 Å². The molecule has 0 aromatic carbocycles. The van der Waals surface area contributed by atoms with Gasteiger partial charge >= 0.3 is 5.97 Å².